The SMILES string of the molecule is O=C1NC(=S)N[C@H]2[C@@H]1[C@H]1C=C[C@@H]2C1. The van der Waals surface area contributed by atoms with Gasteiger partial charge in [0.2, 0.25) is 5.91 Å². The maximum atomic E-state index is 11.6. The number of hydrogen-bond donors (Lipinski definition) is 2. The Hall–Kier alpha value is -0.900. The Labute approximate surface area is 81.6 Å². The molecule has 1 heterocycles. The average Bonchev–Trinajstić information content (AvgIpc) is 2.62. The van der Waals surface area contributed by atoms with Crippen molar-refractivity contribution in [2.75, 3.05) is 0 Å². The van der Waals surface area contributed by atoms with Crippen LogP contribution in [0, 0.1) is 17.8 Å². The zero-order valence-corrected chi connectivity index (χ0v) is 7.80. The fourth-order valence-electron chi connectivity index (χ4n) is 2.76. The van der Waals surface area contributed by atoms with Crippen LogP contribution in [0.15, 0.2) is 12.2 Å². The molecule has 3 aliphatic rings. The third kappa shape index (κ3) is 0.892. The lowest BCUT2D eigenvalue weighted by Gasteiger charge is -2.33. The first-order valence-corrected chi connectivity index (χ1v) is 4.96. The van der Waals surface area contributed by atoms with Crippen LogP contribution in [-0.2, 0) is 4.79 Å². The number of hydrogen-bond acceptors (Lipinski definition) is 2. The van der Waals surface area contributed by atoms with Crippen molar-refractivity contribution in [1.82, 2.24) is 10.6 Å². The number of carbonyl (C=O) groups excluding carboxylic acids is 1. The maximum Gasteiger partial charge on any atom is 0.231 e. The summed E-state index contributed by atoms with van der Waals surface area (Å²) in [6.45, 7) is 0. The second-order valence-electron chi connectivity index (χ2n) is 3.96. The molecule has 3 rings (SSSR count). The highest BCUT2D eigenvalue weighted by Gasteiger charge is 2.50. The normalized spacial score (nSPS) is 45.8. The summed E-state index contributed by atoms with van der Waals surface area (Å²) in [4.78, 5) is 11.6. The summed E-state index contributed by atoms with van der Waals surface area (Å²) in [6.07, 6.45) is 5.49. The molecule has 1 amide bonds. The fourth-order valence-corrected chi connectivity index (χ4v) is 3.00. The van der Waals surface area contributed by atoms with Gasteiger partial charge in [0.05, 0.1) is 5.92 Å². The van der Waals surface area contributed by atoms with Crippen LogP contribution in [0.5, 0.6) is 0 Å². The van der Waals surface area contributed by atoms with E-state index in [1.165, 1.54) is 0 Å². The minimum Gasteiger partial charge on any atom is -0.358 e. The number of fused-ring (bicyclic) bond motifs is 5. The molecule has 0 spiro atoms. The number of amides is 1. The van der Waals surface area contributed by atoms with Crippen molar-refractivity contribution in [2.24, 2.45) is 17.8 Å². The van der Waals surface area contributed by atoms with Crippen molar-refractivity contribution < 1.29 is 4.79 Å². The molecule has 4 atom stereocenters. The molecule has 0 radical (unpaired) electrons. The van der Waals surface area contributed by atoms with Crippen molar-refractivity contribution in [1.29, 1.82) is 0 Å². The number of thiocarbonyl (C=S) groups is 1. The predicted octanol–water partition coefficient (Wildman–Crippen LogP) is 0.181. The van der Waals surface area contributed by atoms with Crippen LogP contribution < -0.4 is 10.6 Å². The van der Waals surface area contributed by atoms with E-state index in [2.05, 4.69) is 22.8 Å². The van der Waals surface area contributed by atoms with Crippen LogP contribution in [0.3, 0.4) is 0 Å². The largest absolute Gasteiger partial charge is 0.358 e. The van der Waals surface area contributed by atoms with Gasteiger partial charge < -0.3 is 10.6 Å². The third-order valence-electron chi connectivity index (χ3n) is 3.30. The van der Waals surface area contributed by atoms with Gasteiger partial charge in [-0.25, -0.2) is 0 Å². The summed E-state index contributed by atoms with van der Waals surface area (Å²) in [7, 11) is 0. The van der Waals surface area contributed by atoms with E-state index < -0.39 is 0 Å². The molecule has 4 heteroatoms. The Bertz CT molecular complexity index is 326. The van der Waals surface area contributed by atoms with Crippen LogP contribution in [0.4, 0.5) is 0 Å². The Morgan fingerprint density at radius 1 is 1.38 bits per heavy atom. The van der Waals surface area contributed by atoms with Gasteiger partial charge in [0.15, 0.2) is 5.11 Å². The van der Waals surface area contributed by atoms with E-state index in [1.807, 2.05) is 0 Å². The second kappa shape index (κ2) is 2.32. The van der Waals surface area contributed by atoms with Gasteiger partial charge in [0, 0.05) is 6.04 Å². The van der Waals surface area contributed by atoms with E-state index >= 15 is 0 Å². The minimum atomic E-state index is 0.102. The topological polar surface area (TPSA) is 41.1 Å². The van der Waals surface area contributed by atoms with Gasteiger partial charge in [0.1, 0.15) is 0 Å². The molecule has 0 aromatic rings. The van der Waals surface area contributed by atoms with Crippen molar-refractivity contribution in [3.8, 4) is 0 Å². The molecule has 1 saturated heterocycles. The number of rotatable bonds is 0. The molecule has 2 bridgehead atoms. The first kappa shape index (κ1) is 7.50. The van der Waals surface area contributed by atoms with Crippen LogP contribution >= 0.6 is 12.2 Å². The fraction of sp³-hybridized carbons (Fsp3) is 0.556. The van der Waals surface area contributed by atoms with Crippen LogP contribution in [0.25, 0.3) is 0 Å². The molecule has 0 aromatic heterocycles. The van der Waals surface area contributed by atoms with E-state index in [9.17, 15) is 4.79 Å². The lowest BCUT2D eigenvalue weighted by Crippen LogP contribution is -2.59. The van der Waals surface area contributed by atoms with E-state index in [-0.39, 0.29) is 17.9 Å². The maximum absolute atomic E-state index is 11.6. The molecular formula is C9H10N2OS. The lowest BCUT2D eigenvalue weighted by atomic mass is 9.87. The molecule has 0 unspecified atom stereocenters. The van der Waals surface area contributed by atoms with Gasteiger partial charge in [-0.05, 0) is 30.5 Å². The standard InChI is InChI=1S/C9H10N2OS/c12-8-6-4-1-2-5(3-4)7(6)10-9(13)11-8/h1-2,4-7H,3H2,(H2,10,11,12,13)/t4-,5+,6-,7+/m0/s1. The molecule has 0 aromatic carbocycles. The second-order valence-corrected chi connectivity index (χ2v) is 4.37. The number of allylic oxidation sites excluding steroid dienone is 1. The zero-order valence-electron chi connectivity index (χ0n) is 6.99. The first-order valence-electron chi connectivity index (χ1n) is 4.55. The molecule has 13 heavy (non-hydrogen) atoms. The van der Waals surface area contributed by atoms with Crippen molar-refractivity contribution in [3.05, 3.63) is 12.2 Å². The summed E-state index contributed by atoms with van der Waals surface area (Å²) < 4.78 is 0. The molecular weight excluding hydrogens is 184 g/mol. The average molecular weight is 194 g/mol. The Morgan fingerprint density at radius 3 is 3.00 bits per heavy atom. The van der Waals surface area contributed by atoms with Gasteiger partial charge in [-0.2, -0.15) is 0 Å². The van der Waals surface area contributed by atoms with Crippen molar-refractivity contribution >= 4 is 23.2 Å². The summed E-state index contributed by atoms with van der Waals surface area (Å²) >= 11 is 4.96. The Balaban J connectivity index is 1.98. The monoisotopic (exact) mass is 194 g/mol. The van der Waals surface area contributed by atoms with Gasteiger partial charge in [-0.3, -0.25) is 4.79 Å². The molecule has 2 N–H and O–H groups in total. The first-order chi connectivity index (χ1) is 6.25. The molecule has 1 saturated carbocycles. The zero-order chi connectivity index (χ0) is 9.00. The summed E-state index contributed by atoms with van der Waals surface area (Å²) in [6, 6.07) is 0.260. The molecule has 2 fully saturated rings. The van der Waals surface area contributed by atoms with E-state index in [1.54, 1.807) is 0 Å². The van der Waals surface area contributed by atoms with Gasteiger partial charge in [-0.1, -0.05) is 12.2 Å². The molecule has 68 valence electrons. The van der Waals surface area contributed by atoms with E-state index in [0.29, 0.717) is 16.9 Å². The quantitative estimate of drug-likeness (QED) is 0.427. The van der Waals surface area contributed by atoms with Gasteiger partial charge >= 0.3 is 0 Å². The number of carbonyl (C=O) groups is 1. The van der Waals surface area contributed by atoms with Crippen molar-refractivity contribution in [2.45, 2.75) is 12.5 Å². The highest BCUT2D eigenvalue weighted by Crippen LogP contribution is 2.44. The Kier molecular flexibility index (Phi) is 1.34. The summed E-state index contributed by atoms with van der Waals surface area (Å²) in [5.41, 5.74) is 0. The molecule has 3 nitrogen and oxygen atoms in total. The van der Waals surface area contributed by atoms with Crippen LogP contribution in [0.2, 0.25) is 0 Å². The predicted molar refractivity (Wildman–Crippen MR) is 51.9 cm³/mol. The summed E-state index contributed by atoms with van der Waals surface area (Å²) in [5, 5.41) is 6.36. The molecule has 1 aliphatic heterocycles. The van der Waals surface area contributed by atoms with Gasteiger partial charge in [-0.15, -0.1) is 0 Å². The highest BCUT2D eigenvalue weighted by molar-refractivity contribution is 7.80. The molecule has 2 aliphatic carbocycles. The number of nitrogens with one attached hydrogen (secondary N) is 2. The van der Waals surface area contributed by atoms with Crippen LogP contribution in [0.1, 0.15) is 6.42 Å². The highest BCUT2D eigenvalue weighted by atomic mass is 32.1. The van der Waals surface area contributed by atoms with Crippen LogP contribution in [-0.4, -0.2) is 17.1 Å². The van der Waals surface area contributed by atoms with Gasteiger partial charge in [0.25, 0.3) is 0 Å². The lowest BCUT2D eigenvalue weighted by molar-refractivity contribution is -0.125. The third-order valence-corrected chi connectivity index (χ3v) is 3.52. The summed E-state index contributed by atoms with van der Waals surface area (Å²) in [5.74, 6) is 1.16. The minimum absolute atomic E-state index is 0.102. The smallest absolute Gasteiger partial charge is 0.231 e. The van der Waals surface area contributed by atoms with E-state index in [0.717, 1.165) is 6.42 Å². The van der Waals surface area contributed by atoms with Crippen molar-refractivity contribution in [3.63, 3.8) is 0 Å². The van der Waals surface area contributed by atoms with E-state index in [4.69, 9.17) is 12.2 Å². The Morgan fingerprint density at radius 2 is 2.15 bits per heavy atom.